The van der Waals surface area contributed by atoms with Crippen LogP contribution in [0.1, 0.15) is 43.0 Å². The fourth-order valence-electron chi connectivity index (χ4n) is 7.59. The highest BCUT2D eigenvalue weighted by atomic mass is 32.2. The van der Waals surface area contributed by atoms with Crippen molar-refractivity contribution in [2.24, 2.45) is 0 Å². The number of fused-ring (bicyclic) bond motifs is 2. The highest BCUT2D eigenvalue weighted by Crippen LogP contribution is 2.58. The van der Waals surface area contributed by atoms with Gasteiger partial charge in [0.1, 0.15) is 12.4 Å². The van der Waals surface area contributed by atoms with Gasteiger partial charge in [0, 0.05) is 67.1 Å². The first-order chi connectivity index (χ1) is 23.3. The Morgan fingerprint density at radius 3 is 2.63 bits per heavy atom. The molecule has 2 saturated heterocycles. The Bertz CT molecular complexity index is 1930. The van der Waals surface area contributed by atoms with Gasteiger partial charge in [0.05, 0.1) is 40.9 Å². The van der Waals surface area contributed by atoms with Crippen LogP contribution in [0.25, 0.3) is 10.8 Å². The maximum Gasteiger partial charge on any atom is 0.318 e. The molecule has 0 spiro atoms. The SMILES string of the molecule is C=CS(=O)(=O)N1CCN(c2nc(OCC3S[C@]3(C)N(C)C3CC(F)(F)C3)nc3c2CCN(c2cccc4cccc(C)c24)C3)C[C@@H]1CC#N. The lowest BCUT2D eigenvalue weighted by molar-refractivity contribution is -0.126. The average Bonchev–Trinajstić information content (AvgIpc) is 3.75. The Labute approximate surface area is 290 Å². The number of nitriles is 1. The van der Waals surface area contributed by atoms with Crippen molar-refractivity contribution >= 4 is 44.1 Å². The fraction of sp³-hybridized carbons (Fsp3) is 0.514. The highest BCUT2D eigenvalue weighted by molar-refractivity contribution is 8.08. The summed E-state index contributed by atoms with van der Waals surface area (Å²) in [5, 5.41) is 13.0. The minimum atomic E-state index is -3.72. The molecule has 7 rings (SSSR count). The van der Waals surface area contributed by atoms with Crippen LogP contribution < -0.4 is 14.5 Å². The standard InChI is InChI=1S/C35H41F2N7O3S2/c1-5-49(45,46)44-17-16-43(20-25(44)12-14-38)32-27-13-15-42(29-11-7-10-24-9-6-8-23(2)31(24)29)21-28(27)39-33(40-32)47-22-30-34(3,48-30)41(4)26-18-35(36,37)19-26/h5-11,25-26,30H,1,12-13,15-22H2,2-4H3/t25-,30?,34-/m0/s1. The number of aryl methyl sites for hydroxylation is 1. The van der Waals surface area contributed by atoms with E-state index in [0.717, 1.165) is 28.9 Å². The Hall–Kier alpha value is -3.51. The van der Waals surface area contributed by atoms with Crippen LogP contribution in [0.4, 0.5) is 20.3 Å². The van der Waals surface area contributed by atoms with Crippen molar-refractivity contribution < 1.29 is 21.9 Å². The predicted molar refractivity (Wildman–Crippen MR) is 189 cm³/mol. The van der Waals surface area contributed by atoms with E-state index in [9.17, 15) is 22.5 Å². The van der Waals surface area contributed by atoms with Gasteiger partial charge >= 0.3 is 6.01 Å². The first-order valence-corrected chi connectivity index (χ1v) is 19.0. The molecule has 1 aliphatic carbocycles. The van der Waals surface area contributed by atoms with Gasteiger partial charge in [-0.1, -0.05) is 36.9 Å². The number of nitrogens with zero attached hydrogens (tertiary/aromatic N) is 7. The highest BCUT2D eigenvalue weighted by Gasteiger charge is 2.60. The minimum Gasteiger partial charge on any atom is -0.462 e. The van der Waals surface area contributed by atoms with Crippen molar-refractivity contribution in [2.45, 2.75) is 74.2 Å². The first-order valence-electron chi connectivity index (χ1n) is 16.6. The molecule has 260 valence electrons. The van der Waals surface area contributed by atoms with Gasteiger partial charge in [-0.25, -0.2) is 17.2 Å². The van der Waals surface area contributed by atoms with E-state index < -0.39 is 22.0 Å². The fourth-order valence-corrected chi connectivity index (χ4v) is 9.87. The Morgan fingerprint density at radius 2 is 1.92 bits per heavy atom. The van der Waals surface area contributed by atoms with Crippen LogP contribution in [0.15, 0.2) is 48.4 Å². The van der Waals surface area contributed by atoms with Crippen LogP contribution >= 0.6 is 11.8 Å². The van der Waals surface area contributed by atoms with Crippen molar-refractivity contribution in [3.05, 3.63) is 65.2 Å². The van der Waals surface area contributed by atoms with E-state index in [1.807, 2.05) is 7.05 Å². The number of thioether (sulfide) groups is 1. The van der Waals surface area contributed by atoms with Crippen LogP contribution in [-0.4, -0.2) is 95.6 Å². The van der Waals surface area contributed by atoms with Gasteiger partial charge < -0.3 is 14.5 Å². The molecular weight excluding hydrogens is 669 g/mol. The Morgan fingerprint density at radius 1 is 1.16 bits per heavy atom. The van der Waals surface area contributed by atoms with E-state index in [1.165, 1.54) is 20.6 Å². The normalized spacial score (nSPS) is 25.5. The third kappa shape index (κ3) is 6.35. The second kappa shape index (κ2) is 12.7. The third-order valence-corrected chi connectivity index (χ3v) is 13.9. The van der Waals surface area contributed by atoms with Crippen molar-refractivity contribution in [3.63, 3.8) is 0 Å². The molecule has 3 aromatic rings. The zero-order valence-corrected chi connectivity index (χ0v) is 29.6. The Kier molecular flexibility index (Phi) is 8.78. The van der Waals surface area contributed by atoms with Crippen molar-refractivity contribution in [3.8, 4) is 12.1 Å². The predicted octanol–water partition coefficient (Wildman–Crippen LogP) is 5.32. The summed E-state index contributed by atoms with van der Waals surface area (Å²) in [7, 11) is -1.81. The zero-order valence-electron chi connectivity index (χ0n) is 28.0. The molecule has 0 bridgehead atoms. The van der Waals surface area contributed by atoms with E-state index in [1.54, 1.807) is 11.8 Å². The molecule has 2 aromatic carbocycles. The monoisotopic (exact) mass is 709 g/mol. The van der Waals surface area contributed by atoms with Crippen molar-refractivity contribution in [1.29, 1.82) is 5.26 Å². The molecule has 3 atom stereocenters. The molecule has 49 heavy (non-hydrogen) atoms. The number of piperazine rings is 1. The molecule has 4 heterocycles. The van der Waals surface area contributed by atoms with Gasteiger partial charge in [-0.15, -0.1) is 11.8 Å². The molecule has 3 aliphatic heterocycles. The van der Waals surface area contributed by atoms with Crippen molar-refractivity contribution in [2.75, 3.05) is 49.6 Å². The Balaban J connectivity index is 1.18. The number of hydrogen-bond acceptors (Lipinski definition) is 10. The number of hydrogen-bond donors (Lipinski definition) is 0. The number of rotatable bonds is 10. The summed E-state index contributed by atoms with van der Waals surface area (Å²) < 4.78 is 60.5. The summed E-state index contributed by atoms with van der Waals surface area (Å²) in [5.41, 5.74) is 4.17. The number of halogens is 2. The minimum absolute atomic E-state index is 0.0341. The summed E-state index contributed by atoms with van der Waals surface area (Å²) in [6.45, 7) is 10.2. The van der Waals surface area contributed by atoms with Gasteiger partial charge in [-0.2, -0.15) is 19.5 Å². The summed E-state index contributed by atoms with van der Waals surface area (Å²) in [4.78, 5) is 16.0. The van der Waals surface area contributed by atoms with Crippen LogP contribution in [-0.2, 0) is 23.0 Å². The smallest absolute Gasteiger partial charge is 0.318 e. The van der Waals surface area contributed by atoms with Gasteiger partial charge in [0.2, 0.25) is 10.0 Å². The summed E-state index contributed by atoms with van der Waals surface area (Å²) in [6, 6.07) is 14.3. The second-order valence-electron chi connectivity index (χ2n) is 13.7. The summed E-state index contributed by atoms with van der Waals surface area (Å²) >= 11 is 1.70. The largest absolute Gasteiger partial charge is 0.462 e. The quantitative estimate of drug-likeness (QED) is 0.257. The molecule has 1 aromatic heterocycles. The number of aromatic nitrogens is 2. The van der Waals surface area contributed by atoms with Gasteiger partial charge in [-0.3, -0.25) is 4.90 Å². The second-order valence-corrected chi connectivity index (χ2v) is 17.1. The molecule has 0 amide bonds. The summed E-state index contributed by atoms with van der Waals surface area (Å²) in [5.74, 6) is -1.88. The van der Waals surface area contributed by atoms with Crippen LogP contribution in [0.2, 0.25) is 0 Å². The van der Waals surface area contributed by atoms with Crippen LogP contribution in [0.5, 0.6) is 6.01 Å². The molecule has 3 fully saturated rings. The van der Waals surface area contributed by atoms with E-state index in [-0.39, 0.29) is 48.0 Å². The van der Waals surface area contributed by atoms with E-state index in [4.69, 9.17) is 14.7 Å². The van der Waals surface area contributed by atoms with E-state index >= 15 is 0 Å². The molecule has 0 N–H and O–H groups in total. The van der Waals surface area contributed by atoms with E-state index in [2.05, 4.69) is 77.6 Å². The molecule has 1 saturated carbocycles. The maximum absolute atomic E-state index is 13.6. The third-order valence-electron chi connectivity index (χ3n) is 10.6. The average molecular weight is 710 g/mol. The van der Waals surface area contributed by atoms with Crippen LogP contribution in [0.3, 0.4) is 0 Å². The molecule has 4 aliphatic rings. The number of ether oxygens (including phenoxy) is 1. The topological polar surface area (TPSA) is 106 Å². The van der Waals surface area contributed by atoms with E-state index in [0.29, 0.717) is 38.5 Å². The van der Waals surface area contributed by atoms with Crippen molar-refractivity contribution in [1.82, 2.24) is 19.2 Å². The lowest BCUT2D eigenvalue weighted by Crippen LogP contribution is -2.55. The van der Waals surface area contributed by atoms with Gasteiger partial charge in [0.15, 0.2) is 0 Å². The summed E-state index contributed by atoms with van der Waals surface area (Å²) in [6.07, 6.45) is 0.470. The number of sulfonamides is 1. The zero-order chi connectivity index (χ0) is 34.7. The molecule has 1 unspecified atom stereocenters. The molecular formula is C35H41F2N7O3S2. The lowest BCUT2D eigenvalue weighted by Gasteiger charge is -2.43. The lowest BCUT2D eigenvalue weighted by atomic mass is 9.86. The number of anilines is 2. The number of benzene rings is 2. The maximum atomic E-state index is 13.6. The van der Waals surface area contributed by atoms with Gasteiger partial charge in [-0.05, 0) is 44.3 Å². The van der Waals surface area contributed by atoms with Gasteiger partial charge in [0.25, 0.3) is 5.92 Å². The first kappa shape index (κ1) is 34.0. The molecule has 0 radical (unpaired) electrons. The molecule has 14 heteroatoms. The van der Waals surface area contributed by atoms with Crippen LogP contribution in [0, 0.1) is 18.3 Å². The molecule has 10 nitrogen and oxygen atoms in total. The number of alkyl halides is 2.